The van der Waals surface area contributed by atoms with Crippen LogP contribution in [0.15, 0.2) is 46.4 Å². The van der Waals surface area contributed by atoms with Crippen molar-refractivity contribution in [2.45, 2.75) is 38.6 Å². The third-order valence-corrected chi connectivity index (χ3v) is 8.14. The second-order valence-electron chi connectivity index (χ2n) is 9.08. The van der Waals surface area contributed by atoms with Crippen LogP contribution >= 0.6 is 23.5 Å². The molecule has 1 saturated carbocycles. The molecule has 2 amide bonds. The summed E-state index contributed by atoms with van der Waals surface area (Å²) in [7, 11) is 0. The standard InChI is InChI=1S/C26H36N4O2S2/c1-5-8-23(34-4)26(32)29-14-12-28(13-15-29)24-20-9-6-7-10-22(20)30(25(31)21(24)17-27)18-19(2)11-16-33-3/h5,8,11,16,19-20,22H,1,6-7,9-10,12-15,18H2,2-4H3/b16-11-,23-8-. The SMILES string of the molecule is C=C/C=C(\SC)C(=O)N1CCN(C2=C(C#N)C(=O)N(CC(C)/C=C\SC)C3CCCCC23)CC1. The molecule has 8 heteroatoms. The number of rotatable bonds is 8. The first-order valence-electron chi connectivity index (χ1n) is 12.0. The van der Waals surface area contributed by atoms with E-state index in [9.17, 15) is 14.9 Å². The maximum absolute atomic E-state index is 13.6. The average molecular weight is 501 g/mol. The Morgan fingerprint density at radius 1 is 1.24 bits per heavy atom. The van der Waals surface area contributed by atoms with E-state index in [1.54, 1.807) is 23.9 Å². The molecule has 0 aromatic heterocycles. The molecule has 1 saturated heterocycles. The van der Waals surface area contributed by atoms with Crippen LogP contribution in [-0.4, -0.2) is 77.8 Å². The molecule has 6 nitrogen and oxygen atoms in total. The van der Waals surface area contributed by atoms with Gasteiger partial charge < -0.3 is 14.7 Å². The van der Waals surface area contributed by atoms with Gasteiger partial charge in [0.1, 0.15) is 11.6 Å². The molecule has 2 heterocycles. The van der Waals surface area contributed by atoms with Crippen LogP contribution < -0.4 is 0 Å². The van der Waals surface area contributed by atoms with Gasteiger partial charge in [-0.25, -0.2) is 0 Å². The van der Waals surface area contributed by atoms with Crippen LogP contribution in [0, 0.1) is 23.2 Å². The Labute approximate surface area is 212 Å². The van der Waals surface area contributed by atoms with E-state index in [0.29, 0.717) is 43.2 Å². The van der Waals surface area contributed by atoms with Crippen molar-refractivity contribution in [1.29, 1.82) is 5.26 Å². The summed E-state index contributed by atoms with van der Waals surface area (Å²) in [5.74, 6) is 0.337. The highest BCUT2D eigenvalue weighted by atomic mass is 32.2. The van der Waals surface area contributed by atoms with E-state index < -0.39 is 0 Å². The van der Waals surface area contributed by atoms with Gasteiger partial charge in [-0.2, -0.15) is 5.26 Å². The fourth-order valence-corrected chi connectivity index (χ4v) is 6.29. The minimum Gasteiger partial charge on any atom is -0.370 e. The van der Waals surface area contributed by atoms with E-state index in [4.69, 9.17) is 0 Å². The largest absolute Gasteiger partial charge is 0.370 e. The minimum atomic E-state index is -0.123. The quantitative estimate of drug-likeness (QED) is 0.367. The van der Waals surface area contributed by atoms with Crippen molar-refractivity contribution >= 4 is 35.3 Å². The van der Waals surface area contributed by atoms with Crippen molar-refractivity contribution in [3.8, 4) is 6.07 Å². The molecule has 3 aliphatic rings. The number of allylic oxidation sites excluding steroid dienone is 2. The molecular weight excluding hydrogens is 464 g/mol. The van der Waals surface area contributed by atoms with Gasteiger partial charge in [-0.15, -0.1) is 23.5 Å². The maximum atomic E-state index is 13.6. The Hall–Kier alpha value is -2.11. The van der Waals surface area contributed by atoms with Gasteiger partial charge in [0, 0.05) is 50.4 Å². The van der Waals surface area contributed by atoms with Gasteiger partial charge in [0.05, 0.1) is 4.91 Å². The zero-order chi connectivity index (χ0) is 24.7. The zero-order valence-corrected chi connectivity index (χ0v) is 22.2. The Morgan fingerprint density at radius 3 is 2.56 bits per heavy atom. The Kier molecular flexibility index (Phi) is 9.78. The first-order valence-corrected chi connectivity index (χ1v) is 14.5. The molecule has 0 aromatic carbocycles. The summed E-state index contributed by atoms with van der Waals surface area (Å²) < 4.78 is 0. The molecule has 3 atom stereocenters. The van der Waals surface area contributed by atoms with Gasteiger partial charge in [-0.1, -0.05) is 38.5 Å². The van der Waals surface area contributed by atoms with Crippen LogP contribution in [0.5, 0.6) is 0 Å². The first-order chi connectivity index (χ1) is 16.5. The average Bonchev–Trinajstić information content (AvgIpc) is 2.87. The predicted octanol–water partition coefficient (Wildman–Crippen LogP) is 4.25. The molecule has 3 rings (SSSR count). The van der Waals surface area contributed by atoms with Crippen molar-refractivity contribution in [1.82, 2.24) is 14.7 Å². The predicted molar refractivity (Wildman–Crippen MR) is 142 cm³/mol. The molecule has 2 fully saturated rings. The smallest absolute Gasteiger partial charge is 0.266 e. The summed E-state index contributed by atoms with van der Waals surface area (Å²) in [6.45, 7) is 8.94. The molecule has 0 aromatic rings. The van der Waals surface area contributed by atoms with E-state index in [2.05, 4.69) is 36.0 Å². The van der Waals surface area contributed by atoms with Crippen LogP contribution in [-0.2, 0) is 9.59 Å². The number of carbonyl (C=O) groups excluding carboxylic acids is 2. The van der Waals surface area contributed by atoms with Gasteiger partial charge in [0.2, 0.25) is 0 Å². The van der Waals surface area contributed by atoms with Gasteiger partial charge in [-0.05, 0) is 42.8 Å². The van der Waals surface area contributed by atoms with Gasteiger partial charge in [-0.3, -0.25) is 9.59 Å². The fraction of sp³-hybridized carbons (Fsp3) is 0.577. The third kappa shape index (κ3) is 5.75. The number of hydrogen-bond donors (Lipinski definition) is 0. The van der Waals surface area contributed by atoms with Crippen molar-refractivity contribution in [2.75, 3.05) is 45.2 Å². The number of nitriles is 1. The highest BCUT2D eigenvalue weighted by molar-refractivity contribution is 8.03. The monoisotopic (exact) mass is 500 g/mol. The lowest BCUT2D eigenvalue weighted by molar-refractivity contribution is -0.134. The molecule has 2 aliphatic heterocycles. The van der Waals surface area contributed by atoms with Crippen LogP contribution in [0.4, 0.5) is 0 Å². The highest BCUT2D eigenvalue weighted by Gasteiger charge is 2.45. The Balaban J connectivity index is 1.82. The summed E-state index contributed by atoms with van der Waals surface area (Å²) in [4.78, 5) is 33.2. The lowest BCUT2D eigenvalue weighted by Crippen LogP contribution is -2.57. The second-order valence-corrected chi connectivity index (χ2v) is 10.7. The molecule has 0 spiro atoms. The summed E-state index contributed by atoms with van der Waals surface area (Å²) in [5.41, 5.74) is 1.24. The molecular formula is C26H36N4O2S2. The number of hydrogen-bond acceptors (Lipinski definition) is 6. The molecule has 1 aliphatic carbocycles. The lowest BCUT2D eigenvalue weighted by Gasteiger charge is -2.49. The van der Waals surface area contributed by atoms with Crippen LogP contribution in [0.2, 0.25) is 0 Å². The van der Waals surface area contributed by atoms with Gasteiger partial charge in [0.15, 0.2) is 0 Å². The molecule has 184 valence electrons. The number of piperazine rings is 1. The Morgan fingerprint density at radius 2 is 1.94 bits per heavy atom. The van der Waals surface area contributed by atoms with Crippen LogP contribution in [0.1, 0.15) is 32.6 Å². The molecule has 0 bridgehead atoms. The summed E-state index contributed by atoms with van der Waals surface area (Å²) in [5, 5.41) is 12.1. The van der Waals surface area contributed by atoms with E-state index in [-0.39, 0.29) is 29.7 Å². The Bertz CT molecular complexity index is 912. The summed E-state index contributed by atoms with van der Waals surface area (Å²) >= 11 is 3.09. The molecule has 0 N–H and O–H groups in total. The number of thioether (sulfide) groups is 2. The minimum absolute atomic E-state index is 0.0234. The fourth-order valence-electron chi connectivity index (χ4n) is 5.33. The highest BCUT2D eigenvalue weighted by Crippen LogP contribution is 2.41. The molecule has 3 unspecified atom stereocenters. The molecule has 0 radical (unpaired) electrons. The number of nitrogens with zero attached hydrogens (tertiary/aromatic N) is 4. The van der Waals surface area contributed by atoms with E-state index in [1.165, 1.54) is 11.8 Å². The second kappa shape index (κ2) is 12.6. The van der Waals surface area contributed by atoms with Crippen molar-refractivity contribution in [3.05, 3.63) is 46.4 Å². The number of fused-ring (bicyclic) bond motifs is 1. The van der Waals surface area contributed by atoms with Gasteiger partial charge in [0.25, 0.3) is 11.8 Å². The van der Waals surface area contributed by atoms with Crippen molar-refractivity contribution < 1.29 is 9.59 Å². The first kappa shape index (κ1) is 26.5. The summed E-state index contributed by atoms with van der Waals surface area (Å²) in [6, 6.07) is 2.43. The van der Waals surface area contributed by atoms with Crippen molar-refractivity contribution in [3.63, 3.8) is 0 Å². The maximum Gasteiger partial charge on any atom is 0.266 e. The van der Waals surface area contributed by atoms with Crippen LogP contribution in [0.3, 0.4) is 0 Å². The number of carbonyl (C=O) groups is 2. The van der Waals surface area contributed by atoms with Gasteiger partial charge >= 0.3 is 0 Å². The third-order valence-electron chi connectivity index (χ3n) is 6.96. The molecule has 34 heavy (non-hydrogen) atoms. The van der Waals surface area contributed by atoms with E-state index in [1.807, 2.05) is 22.3 Å². The van der Waals surface area contributed by atoms with E-state index in [0.717, 1.165) is 31.4 Å². The van der Waals surface area contributed by atoms with Crippen LogP contribution in [0.25, 0.3) is 0 Å². The normalized spacial score (nSPS) is 24.8. The van der Waals surface area contributed by atoms with Crippen molar-refractivity contribution in [2.24, 2.45) is 11.8 Å². The zero-order valence-electron chi connectivity index (χ0n) is 20.5. The lowest BCUT2D eigenvalue weighted by atomic mass is 9.76. The topological polar surface area (TPSA) is 67.6 Å². The number of amides is 2. The summed E-state index contributed by atoms with van der Waals surface area (Å²) in [6.07, 6.45) is 13.7. The van der Waals surface area contributed by atoms with E-state index >= 15 is 0 Å².